The highest BCUT2D eigenvalue weighted by atomic mass is 15.2. The highest BCUT2D eigenvalue weighted by Gasteiger charge is 2.10. The zero-order chi connectivity index (χ0) is 16.2. The van der Waals surface area contributed by atoms with E-state index >= 15 is 0 Å². The number of anilines is 3. The molecule has 3 heterocycles. The molecule has 3 N–H and O–H groups in total. The van der Waals surface area contributed by atoms with Gasteiger partial charge < -0.3 is 15.6 Å². The standard InChI is InChI=1S/C17H15N7/c1-2-6-12(7-3-1)10-19-15-14-16(21-11-20-14)24-17(23-15)22-13-8-4-5-9-18-13/h1-9,11H,10H2,(H3,18,19,20,21,22,23,24). The first-order chi connectivity index (χ1) is 11.9. The Morgan fingerprint density at radius 2 is 1.79 bits per heavy atom. The lowest BCUT2D eigenvalue weighted by molar-refractivity contribution is 1.09. The summed E-state index contributed by atoms with van der Waals surface area (Å²) in [6.45, 7) is 0.662. The molecule has 7 nitrogen and oxygen atoms in total. The topological polar surface area (TPSA) is 91.4 Å². The molecule has 0 aliphatic heterocycles. The molecule has 0 saturated carbocycles. The minimum Gasteiger partial charge on any atom is -0.364 e. The van der Waals surface area contributed by atoms with Gasteiger partial charge in [-0.1, -0.05) is 36.4 Å². The van der Waals surface area contributed by atoms with E-state index < -0.39 is 0 Å². The number of pyridine rings is 1. The van der Waals surface area contributed by atoms with E-state index in [1.165, 1.54) is 5.56 Å². The lowest BCUT2D eigenvalue weighted by Crippen LogP contribution is -2.06. The van der Waals surface area contributed by atoms with Gasteiger partial charge >= 0.3 is 0 Å². The predicted molar refractivity (Wildman–Crippen MR) is 93.0 cm³/mol. The van der Waals surface area contributed by atoms with Crippen LogP contribution >= 0.6 is 0 Å². The molecule has 0 aliphatic carbocycles. The minimum atomic E-state index is 0.448. The van der Waals surface area contributed by atoms with Gasteiger partial charge in [0.25, 0.3) is 0 Å². The van der Waals surface area contributed by atoms with Crippen molar-refractivity contribution in [3.05, 3.63) is 66.6 Å². The van der Waals surface area contributed by atoms with Crippen molar-refractivity contribution in [1.82, 2.24) is 24.9 Å². The van der Waals surface area contributed by atoms with Gasteiger partial charge in [0.15, 0.2) is 11.5 Å². The molecular weight excluding hydrogens is 302 g/mol. The monoisotopic (exact) mass is 317 g/mol. The third-order valence-corrected chi connectivity index (χ3v) is 3.49. The fourth-order valence-electron chi connectivity index (χ4n) is 2.35. The summed E-state index contributed by atoms with van der Waals surface area (Å²) in [4.78, 5) is 20.5. The largest absolute Gasteiger partial charge is 0.364 e. The Kier molecular flexibility index (Phi) is 3.73. The summed E-state index contributed by atoms with van der Waals surface area (Å²) in [5.41, 5.74) is 2.54. The van der Waals surface area contributed by atoms with E-state index in [1.54, 1.807) is 12.5 Å². The molecule has 0 amide bonds. The third-order valence-electron chi connectivity index (χ3n) is 3.49. The smallest absolute Gasteiger partial charge is 0.232 e. The van der Waals surface area contributed by atoms with Crippen LogP contribution in [0.3, 0.4) is 0 Å². The van der Waals surface area contributed by atoms with E-state index in [0.29, 0.717) is 29.8 Å². The van der Waals surface area contributed by atoms with Crippen LogP contribution in [-0.2, 0) is 6.54 Å². The van der Waals surface area contributed by atoms with Crippen LogP contribution < -0.4 is 10.6 Å². The van der Waals surface area contributed by atoms with Crippen molar-refractivity contribution in [1.29, 1.82) is 0 Å². The summed E-state index contributed by atoms with van der Waals surface area (Å²) < 4.78 is 0. The summed E-state index contributed by atoms with van der Waals surface area (Å²) >= 11 is 0. The zero-order valence-corrected chi connectivity index (χ0v) is 12.8. The second kappa shape index (κ2) is 6.33. The van der Waals surface area contributed by atoms with Crippen molar-refractivity contribution >= 4 is 28.7 Å². The lowest BCUT2D eigenvalue weighted by Gasteiger charge is -2.09. The van der Waals surface area contributed by atoms with Crippen LogP contribution in [0.4, 0.5) is 17.6 Å². The number of aromatic amines is 1. The average molecular weight is 317 g/mol. The maximum absolute atomic E-state index is 4.54. The molecule has 1 aromatic carbocycles. The van der Waals surface area contributed by atoms with E-state index in [-0.39, 0.29) is 0 Å². The maximum atomic E-state index is 4.54. The highest BCUT2D eigenvalue weighted by molar-refractivity contribution is 5.84. The molecule has 4 rings (SSSR count). The molecule has 3 aromatic heterocycles. The van der Waals surface area contributed by atoms with Crippen LogP contribution in [0.15, 0.2) is 61.1 Å². The van der Waals surface area contributed by atoms with Crippen LogP contribution in [0, 0.1) is 0 Å². The molecule has 0 aliphatic rings. The second-order valence-electron chi connectivity index (χ2n) is 5.18. The Morgan fingerprint density at radius 3 is 2.62 bits per heavy atom. The van der Waals surface area contributed by atoms with E-state index in [2.05, 4.69) is 47.7 Å². The molecule has 24 heavy (non-hydrogen) atoms. The van der Waals surface area contributed by atoms with E-state index in [9.17, 15) is 0 Å². The number of fused-ring (bicyclic) bond motifs is 1. The van der Waals surface area contributed by atoms with Crippen LogP contribution in [0.1, 0.15) is 5.56 Å². The van der Waals surface area contributed by atoms with Crippen molar-refractivity contribution in [2.45, 2.75) is 6.54 Å². The fourth-order valence-corrected chi connectivity index (χ4v) is 2.35. The van der Waals surface area contributed by atoms with Gasteiger partial charge in [-0.15, -0.1) is 0 Å². The molecule has 0 radical (unpaired) electrons. The maximum Gasteiger partial charge on any atom is 0.232 e. The van der Waals surface area contributed by atoms with Gasteiger partial charge in [0, 0.05) is 12.7 Å². The Balaban J connectivity index is 1.62. The summed E-state index contributed by atoms with van der Waals surface area (Å²) in [5, 5.41) is 6.43. The zero-order valence-electron chi connectivity index (χ0n) is 12.8. The van der Waals surface area contributed by atoms with E-state index in [4.69, 9.17) is 0 Å². The number of aromatic nitrogens is 5. The molecule has 0 bridgehead atoms. The van der Waals surface area contributed by atoms with Crippen molar-refractivity contribution in [2.24, 2.45) is 0 Å². The summed E-state index contributed by atoms with van der Waals surface area (Å²) in [7, 11) is 0. The molecule has 0 atom stereocenters. The predicted octanol–water partition coefficient (Wildman–Crippen LogP) is 3.10. The molecule has 0 unspecified atom stereocenters. The number of hydrogen-bond acceptors (Lipinski definition) is 6. The Hall–Kier alpha value is -3.48. The Morgan fingerprint density at radius 1 is 0.917 bits per heavy atom. The first-order valence-corrected chi connectivity index (χ1v) is 7.55. The number of nitrogens with one attached hydrogen (secondary N) is 3. The average Bonchev–Trinajstić information content (AvgIpc) is 3.10. The first-order valence-electron chi connectivity index (χ1n) is 7.55. The molecule has 0 fully saturated rings. The number of benzene rings is 1. The van der Waals surface area contributed by atoms with Gasteiger partial charge in [0.1, 0.15) is 11.3 Å². The van der Waals surface area contributed by atoms with Gasteiger partial charge in [-0.25, -0.2) is 9.97 Å². The second-order valence-corrected chi connectivity index (χ2v) is 5.18. The Bertz CT molecular complexity index is 935. The molecule has 7 heteroatoms. The third kappa shape index (κ3) is 3.00. The van der Waals surface area contributed by atoms with Crippen molar-refractivity contribution in [2.75, 3.05) is 10.6 Å². The molecule has 0 saturated heterocycles. The van der Waals surface area contributed by atoms with Crippen LogP contribution in [-0.4, -0.2) is 24.9 Å². The van der Waals surface area contributed by atoms with Gasteiger partial charge in [0.05, 0.1) is 6.33 Å². The normalized spacial score (nSPS) is 10.7. The number of hydrogen-bond donors (Lipinski definition) is 3. The summed E-state index contributed by atoms with van der Waals surface area (Å²) in [6, 6.07) is 15.8. The molecule has 118 valence electrons. The van der Waals surface area contributed by atoms with Crippen LogP contribution in [0.5, 0.6) is 0 Å². The summed E-state index contributed by atoms with van der Waals surface area (Å²) in [5.74, 6) is 1.82. The van der Waals surface area contributed by atoms with E-state index in [1.807, 2.05) is 36.4 Å². The van der Waals surface area contributed by atoms with Gasteiger partial charge in [-0.2, -0.15) is 9.97 Å². The number of nitrogens with zero attached hydrogens (tertiary/aromatic N) is 4. The van der Waals surface area contributed by atoms with Crippen molar-refractivity contribution < 1.29 is 0 Å². The summed E-state index contributed by atoms with van der Waals surface area (Å²) in [6.07, 6.45) is 3.32. The fraction of sp³-hybridized carbons (Fsp3) is 0.0588. The first kappa shape index (κ1) is 14.1. The quantitative estimate of drug-likeness (QED) is 0.524. The van der Waals surface area contributed by atoms with Crippen LogP contribution in [0.2, 0.25) is 0 Å². The molecule has 0 spiro atoms. The SMILES string of the molecule is c1ccc(CNc2nc(Nc3ccccn3)nc3nc[nH]c23)cc1. The number of imidazole rings is 1. The van der Waals surface area contributed by atoms with E-state index in [0.717, 1.165) is 5.52 Å². The van der Waals surface area contributed by atoms with Crippen molar-refractivity contribution in [3.8, 4) is 0 Å². The molecule has 4 aromatic rings. The lowest BCUT2D eigenvalue weighted by atomic mass is 10.2. The number of rotatable bonds is 5. The van der Waals surface area contributed by atoms with Crippen molar-refractivity contribution in [3.63, 3.8) is 0 Å². The van der Waals surface area contributed by atoms with Gasteiger partial charge in [-0.3, -0.25) is 0 Å². The van der Waals surface area contributed by atoms with Crippen LogP contribution in [0.25, 0.3) is 11.2 Å². The minimum absolute atomic E-state index is 0.448. The number of H-pyrrole nitrogens is 1. The van der Waals surface area contributed by atoms with Gasteiger partial charge in [-0.05, 0) is 17.7 Å². The highest BCUT2D eigenvalue weighted by Crippen LogP contribution is 2.20. The molecular formula is C17H15N7. The van der Waals surface area contributed by atoms with Gasteiger partial charge in [0.2, 0.25) is 5.95 Å². The Labute approximate surface area is 138 Å².